The van der Waals surface area contributed by atoms with Gasteiger partial charge >= 0.3 is 0 Å². The highest BCUT2D eigenvalue weighted by Gasteiger charge is 2.25. The van der Waals surface area contributed by atoms with Crippen LogP contribution in [-0.4, -0.2) is 23.5 Å². The van der Waals surface area contributed by atoms with Gasteiger partial charge in [0.05, 0.1) is 0 Å². The van der Waals surface area contributed by atoms with Crippen molar-refractivity contribution in [3.05, 3.63) is 29.5 Å². The molecular formula is C12H16N4O3S. The highest BCUT2D eigenvalue weighted by Crippen LogP contribution is 2.25. The van der Waals surface area contributed by atoms with Crippen molar-refractivity contribution in [2.45, 2.75) is 38.5 Å². The number of rotatable bonds is 4. The largest absolute Gasteiger partial charge is 0.360 e. The maximum absolute atomic E-state index is 12.4. The molecule has 1 N–H and O–H groups in total. The summed E-state index contributed by atoms with van der Waals surface area (Å²) in [4.78, 5) is 7.97. The molecule has 7 nitrogen and oxygen atoms in total. The van der Waals surface area contributed by atoms with Gasteiger partial charge in [-0.3, -0.25) is 4.72 Å². The first-order valence-electron chi connectivity index (χ1n) is 6.08. The average Bonchev–Trinajstić information content (AvgIpc) is 2.69. The van der Waals surface area contributed by atoms with E-state index in [2.05, 4.69) is 19.8 Å². The fourth-order valence-corrected chi connectivity index (χ4v) is 3.25. The summed E-state index contributed by atoms with van der Waals surface area (Å²) >= 11 is 0. The van der Waals surface area contributed by atoms with E-state index >= 15 is 0 Å². The number of hydrogen-bond acceptors (Lipinski definition) is 6. The Morgan fingerprint density at radius 1 is 1.30 bits per heavy atom. The van der Waals surface area contributed by atoms with Crippen LogP contribution < -0.4 is 4.72 Å². The fraction of sp³-hybridized carbons (Fsp3) is 0.417. The van der Waals surface area contributed by atoms with Crippen molar-refractivity contribution in [2.24, 2.45) is 0 Å². The molecule has 0 unspecified atom stereocenters. The highest BCUT2D eigenvalue weighted by molar-refractivity contribution is 7.92. The second-order valence-corrected chi connectivity index (χ2v) is 6.36. The number of nitrogens with zero attached hydrogens (tertiary/aromatic N) is 3. The molecule has 0 saturated heterocycles. The van der Waals surface area contributed by atoms with Gasteiger partial charge in [-0.25, -0.2) is 18.4 Å². The molecule has 0 aromatic carbocycles. The van der Waals surface area contributed by atoms with E-state index < -0.39 is 10.0 Å². The molecule has 0 radical (unpaired) electrons. The van der Waals surface area contributed by atoms with E-state index in [4.69, 9.17) is 4.52 Å². The first-order chi connectivity index (χ1) is 9.33. The maximum atomic E-state index is 12.4. The minimum Gasteiger partial charge on any atom is -0.360 e. The van der Waals surface area contributed by atoms with Crippen LogP contribution in [0.25, 0.3) is 0 Å². The fourth-order valence-electron chi connectivity index (χ4n) is 1.88. The van der Waals surface area contributed by atoms with Gasteiger partial charge in [0.15, 0.2) is 10.7 Å². The number of hydrogen-bond donors (Lipinski definition) is 1. The van der Waals surface area contributed by atoms with Crippen LogP contribution in [-0.2, 0) is 10.0 Å². The van der Waals surface area contributed by atoms with Crippen molar-refractivity contribution in [3.8, 4) is 0 Å². The van der Waals surface area contributed by atoms with Gasteiger partial charge in [-0.15, -0.1) is 0 Å². The quantitative estimate of drug-likeness (QED) is 0.926. The van der Waals surface area contributed by atoms with Crippen molar-refractivity contribution >= 4 is 15.8 Å². The third-order valence-corrected chi connectivity index (χ3v) is 4.41. The Kier molecular flexibility index (Phi) is 3.76. The first-order valence-corrected chi connectivity index (χ1v) is 7.57. The van der Waals surface area contributed by atoms with Gasteiger partial charge < -0.3 is 4.52 Å². The summed E-state index contributed by atoms with van der Waals surface area (Å²) in [6, 6.07) is 0. The van der Waals surface area contributed by atoms with E-state index in [-0.39, 0.29) is 22.4 Å². The first kappa shape index (κ1) is 14.4. The summed E-state index contributed by atoms with van der Waals surface area (Å²) in [7, 11) is -3.78. The van der Waals surface area contributed by atoms with Crippen LogP contribution in [0.5, 0.6) is 0 Å². The molecule has 0 aliphatic heterocycles. The average molecular weight is 296 g/mol. The minimum absolute atomic E-state index is 0.0471. The van der Waals surface area contributed by atoms with Crippen LogP contribution in [0.3, 0.4) is 0 Å². The van der Waals surface area contributed by atoms with Crippen LogP contribution in [0.4, 0.5) is 5.82 Å². The van der Waals surface area contributed by atoms with Gasteiger partial charge in [-0.2, -0.15) is 0 Å². The summed E-state index contributed by atoms with van der Waals surface area (Å²) in [5.74, 6) is 0.615. The minimum atomic E-state index is -3.78. The molecule has 2 aromatic rings. The van der Waals surface area contributed by atoms with Crippen LogP contribution in [0.2, 0.25) is 0 Å². The van der Waals surface area contributed by atoms with Crippen molar-refractivity contribution in [3.63, 3.8) is 0 Å². The Morgan fingerprint density at radius 3 is 2.55 bits per heavy atom. The van der Waals surface area contributed by atoms with Crippen LogP contribution in [0.1, 0.15) is 36.8 Å². The SMILES string of the molecule is Cc1noc(C)c1S(=O)(=O)Nc1ncncc1C(C)C. The number of nitrogens with one attached hydrogen (secondary N) is 1. The van der Waals surface area contributed by atoms with Crippen LogP contribution >= 0.6 is 0 Å². The molecule has 2 rings (SSSR count). The Labute approximate surface area is 117 Å². The van der Waals surface area contributed by atoms with E-state index in [1.807, 2.05) is 13.8 Å². The molecular weight excluding hydrogens is 280 g/mol. The molecule has 20 heavy (non-hydrogen) atoms. The molecule has 0 aliphatic rings. The molecule has 0 spiro atoms. The standard InChI is InChI=1S/C12H16N4O3S/c1-7(2)10-5-13-6-14-12(10)16-20(17,18)11-8(3)15-19-9(11)4/h5-7H,1-4H3,(H,13,14,16). The van der Waals surface area contributed by atoms with Crippen molar-refractivity contribution in [1.29, 1.82) is 0 Å². The molecule has 0 amide bonds. The zero-order valence-corrected chi connectivity index (χ0v) is 12.5. The number of aryl methyl sites for hydroxylation is 2. The Hall–Kier alpha value is -1.96. The van der Waals surface area contributed by atoms with Gasteiger partial charge in [-0.05, 0) is 19.8 Å². The predicted molar refractivity (Wildman–Crippen MR) is 72.9 cm³/mol. The summed E-state index contributed by atoms with van der Waals surface area (Å²) in [5.41, 5.74) is 1.04. The number of anilines is 1. The summed E-state index contributed by atoms with van der Waals surface area (Å²) in [6.45, 7) is 7.01. The summed E-state index contributed by atoms with van der Waals surface area (Å²) in [5, 5.41) is 3.65. The van der Waals surface area contributed by atoms with Gasteiger partial charge in [-0.1, -0.05) is 19.0 Å². The second kappa shape index (κ2) is 5.20. The van der Waals surface area contributed by atoms with Gasteiger partial charge in [0.25, 0.3) is 10.0 Å². The third kappa shape index (κ3) is 2.64. The molecule has 0 aliphatic carbocycles. The van der Waals surface area contributed by atoms with Crippen molar-refractivity contribution < 1.29 is 12.9 Å². The molecule has 0 fully saturated rings. The Morgan fingerprint density at radius 2 is 2.00 bits per heavy atom. The lowest BCUT2D eigenvalue weighted by Gasteiger charge is -2.12. The zero-order valence-electron chi connectivity index (χ0n) is 11.7. The van der Waals surface area contributed by atoms with Gasteiger partial charge in [0.2, 0.25) is 0 Å². The summed E-state index contributed by atoms with van der Waals surface area (Å²) in [6.07, 6.45) is 2.90. The second-order valence-electron chi connectivity index (χ2n) is 4.74. The number of aromatic nitrogens is 3. The molecule has 0 bridgehead atoms. The smallest absolute Gasteiger partial charge is 0.268 e. The Bertz CT molecular complexity index is 703. The lowest BCUT2D eigenvalue weighted by atomic mass is 10.1. The normalized spacial score (nSPS) is 11.8. The third-order valence-electron chi connectivity index (χ3n) is 2.83. The topological polar surface area (TPSA) is 98.0 Å². The molecule has 8 heteroatoms. The van der Waals surface area contributed by atoms with Crippen molar-refractivity contribution in [1.82, 2.24) is 15.1 Å². The van der Waals surface area contributed by atoms with E-state index in [0.717, 1.165) is 5.56 Å². The number of sulfonamides is 1. The molecule has 2 heterocycles. The maximum Gasteiger partial charge on any atom is 0.268 e. The molecule has 108 valence electrons. The van der Waals surface area contributed by atoms with Crippen LogP contribution in [0, 0.1) is 13.8 Å². The summed E-state index contributed by atoms with van der Waals surface area (Å²) < 4.78 is 32.2. The molecule has 0 atom stereocenters. The predicted octanol–water partition coefficient (Wildman–Crippen LogP) is 2.01. The van der Waals surface area contributed by atoms with Crippen LogP contribution in [0.15, 0.2) is 21.9 Å². The van der Waals surface area contributed by atoms with Crippen molar-refractivity contribution in [2.75, 3.05) is 4.72 Å². The molecule has 2 aromatic heterocycles. The van der Waals surface area contributed by atoms with E-state index in [0.29, 0.717) is 5.69 Å². The van der Waals surface area contributed by atoms with E-state index in [9.17, 15) is 8.42 Å². The highest BCUT2D eigenvalue weighted by atomic mass is 32.2. The lowest BCUT2D eigenvalue weighted by molar-refractivity contribution is 0.390. The lowest BCUT2D eigenvalue weighted by Crippen LogP contribution is -2.17. The molecule has 0 saturated carbocycles. The van der Waals surface area contributed by atoms with E-state index in [1.165, 1.54) is 6.33 Å². The van der Waals surface area contributed by atoms with E-state index in [1.54, 1.807) is 20.0 Å². The monoisotopic (exact) mass is 296 g/mol. The Balaban J connectivity index is 2.45. The van der Waals surface area contributed by atoms with Gasteiger partial charge in [0, 0.05) is 11.8 Å². The van der Waals surface area contributed by atoms with Gasteiger partial charge in [0.1, 0.15) is 17.8 Å². The zero-order chi connectivity index (χ0) is 14.9.